The number of aromatic nitrogens is 2. The predicted molar refractivity (Wildman–Crippen MR) is 76.9 cm³/mol. The van der Waals surface area contributed by atoms with E-state index in [0.717, 1.165) is 0 Å². The molecular formula is C15H16N4O. The molecule has 0 fully saturated rings. The molecule has 0 saturated heterocycles. The van der Waals surface area contributed by atoms with Gasteiger partial charge in [-0.15, -0.1) is 0 Å². The van der Waals surface area contributed by atoms with Crippen LogP contribution in [0.25, 0.3) is 0 Å². The lowest BCUT2D eigenvalue weighted by molar-refractivity contribution is 0.457. The smallest absolute Gasteiger partial charge is 0.224 e. The van der Waals surface area contributed by atoms with Crippen LogP contribution in [0.5, 0.6) is 11.6 Å². The van der Waals surface area contributed by atoms with Crippen LogP contribution in [0.15, 0.2) is 30.3 Å². The van der Waals surface area contributed by atoms with Crippen molar-refractivity contribution in [1.82, 2.24) is 9.97 Å². The first-order valence-electron chi connectivity index (χ1n) is 6.37. The van der Waals surface area contributed by atoms with Gasteiger partial charge in [-0.1, -0.05) is 19.9 Å². The fourth-order valence-corrected chi connectivity index (χ4v) is 1.63. The number of ether oxygens (including phenoxy) is 1. The highest BCUT2D eigenvalue weighted by Gasteiger charge is 2.09. The summed E-state index contributed by atoms with van der Waals surface area (Å²) in [5, 5.41) is 11.9. The van der Waals surface area contributed by atoms with Crippen LogP contribution in [0.2, 0.25) is 0 Å². The van der Waals surface area contributed by atoms with Crippen molar-refractivity contribution in [2.45, 2.75) is 19.8 Å². The quantitative estimate of drug-likeness (QED) is 0.921. The Hall–Kier alpha value is -2.61. The Morgan fingerprint density at radius 3 is 2.70 bits per heavy atom. The average molecular weight is 268 g/mol. The molecule has 20 heavy (non-hydrogen) atoms. The van der Waals surface area contributed by atoms with Crippen LogP contribution in [0.4, 0.5) is 5.82 Å². The summed E-state index contributed by atoms with van der Waals surface area (Å²) >= 11 is 0. The molecule has 0 aliphatic rings. The van der Waals surface area contributed by atoms with Gasteiger partial charge in [-0.25, -0.2) is 4.98 Å². The monoisotopic (exact) mass is 268 g/mol. The van der Waals surface area contributed by atoms with Gasteiger partial charge in [-0.2, -0.15) is 10.2 Å². The number of benzene rings is 1. The largest absolute Gasteiger partial charge is 0.439 e. The van der Waals surface area contributed by atoms with E-state index >= 15 is 0 Å². The third kappa shape index (κ3) is 3.23. The van der Waals surface area contributed by atoms with Crippen molar-refractivity contribution < 1.29 is 4.74 Å². The van der Waals surface area contributed by atoms with Gasteiger partial charge in [0.25, 0.3) is 0 Å². The second-order valence-corrected chi connectivity index (χ2v) is 4.60. The van der Waals surface area contributed by atoms with Crippen molar-refractivity contribution >= 4 is 5.82 Å². The molecule has 5 nitrogen and oxygen atoms in total. The van der Waals surface area contributed by atoms with E-state index in [1.165, 1.54) is 0 Å². The molecule has 1 heterocycles. The predicted octanol–water partition coefficient (Wildman–Crippen LogP) is 3.31. The minimum atomic E-state index is 0.205. The zero-order chi connectivity index (χ0) is 14.5. The van der Waals surface area contributed by atoms with E-state index in [4.69, 9.17) is 10.00 Å². The summed E-state index contributed by atoms with van der Waals surface area (Å²) < 4.78 is 5.71. The Kier molecular flexibility index (Phi) is 4.16. The van der Waals surface area contributed by atoms with Crippen molar-refractivity contribution in [3.8, 4) is 17.7 Å². The van der Waals surface area contributed by atoms with Gasteiger partial charge in [0.15, 0.2) is 0 Å². The van der Waals surface area contributed by atoms with Crippen LogP contribution in [-0.2, 0) is 0 Å². The average Bonchev–Trinajstić information content (AvgIpc) is 2.47. The van der Waals surface area contributed by atoms with Gasteiger partial charge >= 0.3 is 0 Å². The number of hydrogen-bond donors (Lipinski definition) is 1. The molecule has 0 amide bonds. The van der Waals surface area contributed by atoms with Gasteiger partial charge in [0.1, 0.15) is 17.4 Å². The van der Waals surface area contributed by atoms with Crippen molar-refractivity contribution in [3.63, 3.8) is 0 Å². The first-order chi connectivity index (χ1) is 9.62. The maximum absolute atomic E-state index is 8.89. The van der Waals surface area contributed by atoms with Gasteiger partial charge in [0, 0.05) is 19.0 Å². The molecule has 2 aromatic rings. The van der Waals surface area contributed by atoms with E-state index in [1.54, 1.807) is 37.4 Å². The summed E-state index contributed by atoms with van der Waals surface area (Å²) in [7, 11) is 1.80. The summed E-state index contributed by atoms with van der Waals surface area (Å²) in [6.07, 6.45) is 0. The minimum Gasteiger partial charge on any atom is -0.439 e. The first kappa shape index (κ1) is 13.8. The molecule has 1 aromatic heterocycles. The second kappa shape index (κ2) is 6.02. The summed E-state index contributed by atoms with van der Waals surface area (Å²) in [4.78, 5) is 8.75. The van der Waals surface area contributed by atoms with Gasteiger partial charge in [-0.05, 0) is 18.2 Å². The van der Waals surface area contributed by atoms with E-state index in [1.807, 2.05) is 13.8 Å². The molecule has 0 radical (unpaired) electrons. The molecule has 5 heteroatoms. The number of nitrogens with one attached hydrogen (secondary N) is 1. The third-order valence-corrected chi connectivity index (χ3v) is 2.68. The molecule has 0 saturated carbocycles. The SMILES string of the molecule is CNc1cc(Oc2cccc(C#N)c2)nc(C(C)C)n1. The van der Waals surface area contributed by atoms with Crippen LogP contribution in [0.1, 0.15) is 31.2 Å². The van der Waals surface area contributed by atoms with Crippen molar-refractivity contribution in [1.29, 1.82) is 5.26 Å². The van der Waals surface area contributed by atoms with Crippen LogP contribution >= 0.6 is 0 Å². The zero-order valence-electron chi connectivity index (χ0n) is 11.7. The number of anilines is 1. The number of rotatable bonds is 4. The maximum atomic E-state index is 8.89. The Labute approximate surface area is 118 Å². The molecule has 102 valence electrons. The highest BCUT2D eigenvalue weighted by Crippen LogP contribution is 2.24. The summed E-state index contributed by atoms with van der Waals surface area (Å²) in [5.74, 6) is 2.66. The van der Waals surface area contributed by atoms with E-state index in [9.17, 15) is 0 Å². The van der Waals surface area contributed by atoms with Gasteiger partial charge < -0.3 is 10.1 Å². The minimum absolute atomic E-state index is 0.205. The second-order valence-electron chi connectivity index (χ2n) is 4.60. The molecular weight excluding hydrogens is 252 g/mol. The highest BCUT2D eigenvalue weighted by atomic mass is 16.5. The summed E-state index contributed by atoms with van der Waals surface area (Å²) in [6.45, 7) is 4.05. The summed E-state index contributed by atoms with van der Waals surface area (Å²) in [5.41, 5.74) is 0.550. The first-order valence-corrected chi connectivity index (χ1v) is 6.37. The fraction of sp³-hybridized carbons (Fsp3) is 0.267. The van der Waals surface area contributed by atoms with E-state index in [0.29, 0.717) is 28.8 Å². The lowest BCUT2D eigenvalue weighted by atomic mass is 10.2. The fourth-order valence-electron chi connectivity index (χ4n) is 1.63. The van der Waals surface area contributed by atoms with Crippen molar-refractivity contribution in [3.05, 3.63) is 41.7 Å². The topological polar surface area (TPSA) is 70.8 Å². The molecule has 1 N–H and O–H groups in total. The molecule has 0 atom stereocenters. The Morgan fingerprint density at radius 1 is 1.25 bits per heavy atom. The Morgan fingerprint density at radius 2 is 2.05 bits per heavy atom. The number of nitriles is 1. The van der Waals surface area contributed by atoms with Crippen molar-refractivity contribution in [2.75, 3.05) is 12.4 Å². The van der Waals surface area contributed by atoms with Gasteiger partial charge in [0.2, 0.25) is 5.88 Å². The van der Waals surface area contributed by atoms with E-state index in [2.05, 4.69) is 21.4 Å². The number of nitrogens with zero attached hydrogens (tertiary/aromatic N) is 3. The van der Waals surface area contributed by atoms with Crippen LogP contribution in [0, 0.1) is 11.3 Å². The molecule has 0 bridgehead atoms. The van der Waals surface area contributed by atoms with Crippen LogP contribution in [-0.4, -0.2) is 17.0 Å². The molecule has 0 aliphatic carbocycles. The Balaban J connectivity index is 2.32. The maximum Gasteiger partial charge on any atom is 0.224 e. The van der Waals surface area contributed by atoms with Crippen LogP contribution < -0.4 is 10.1 Å². The lowest BCUT2D eigenvalue weighted by Crippen LogP contribution is -2.03. The van der Waals surface area contributed by atoms with Crippen molar-refractivity contribution in [2.24, 2.45) is 0 Å². The Bertz CT molecular complexity index is 647. The van der Waals surface area contributed by atoms with Gasteiger partial charge in [-0.3, -0.25) is 0 Å². The molecule has 0 unspecified atom stereocenters. The standard InChI is InChI=1S/C15H16N4O/c1-10(2)15-18-13(17-3)8-14(19-15)20-12-6-4-5-11(7-12)9-16/h4-8,10H,1-3H3,(H,17,18,19). The zero-order valence-corrected chi connectivity index (χ0v) is 11.7. The normalized spacial score (nSPS) is 10.2. The lowest BCUT2D eigenvalue weighted by Gasteiger charge is -2.10. The molecule has 0 spiro atoms. The number of hydrogen-bond acceptors (Lipinski definition) is 5. The van der Waals surface area contributed by atoms with Crippen LogP contribution in [0.3, 0.4) is 0 Å². The third-order valence-electron chi connectivity index (χ3n) is 2.68. The van der Waals surface area contributed by atoms with E-state index in [-0.39, 0.29) is 5.92 Å². The molecule has 0 aliphatic heterocycles. The highest BCUT2D eigenvalue weighted by molar-refractivity contribution is 5.41. The summed E-state index contributed by atoms with van der Waals surface area (Å²) in [6, 6.07) is 10.8. The molecule has 2 rings (SSSR count). The van der Waals surface area contributed by atoms with E-state index < -0.39 is 0 Å². The molecule has 1 aromatic carbocycles. The van der Waals surface area contributed by atoms with Gasteiger partial charge in [0.05, 0.1) is 11.6 Å².